The zero-order valence-corrected chi connectivity index (χ0v) is 12.9. The molecule has 0 aromatic heterocycles. The minimum absolute atomic E-state index is 0.0588. The van der Waals surface area contributed by atoms with Crippen LogP contribution in [0.25, 0.3) is 0 Å². The van der Waals surface area contributed by atoms with Gasteiger partial charge in [-0.2, -0.15) is 0 Å². The zero-order chi connectivity index (χ0) is 14.5. The van der Waals surface area contributed by atoms with Gasteiger partial charge < -0.3 is 10.1 Å². The molecule has 0 spiro atoms. The summed E-state index contributed by atoms with van der Waals surface area (Å²) < 4.78 is 5.57. The summed E-state index contributed by atoms with van der Waals surface area (Å²) in [5.41, 5.74) is 3.38. The molecule has 2 rings (SSSR count). The van der Waals surface area contributed by atoms with Crippen LogP contribution < -0.4 is 10.1 Å². The largest absolute Gasteiger partial charge is 0.494 e. The molecule has 0 aliphatic heterocycles. The Hall–Kier alpha value is -1.51. The van der Waals surface area contributed by atoms with Crippen molar-refractivity contribution < 1.29 is 4.74 Å². The molecule has 2 aromatic carbocycles. The number of halogens is 1. The minimum Gasteiger partial charge on any atom is -0.494 e. The summed E-state index contributed by atoms with van der Waals surface area (Å²) >= 11 is 6.38. The maximum absolute atomic E-state index is 6.38. The summed E-state index contributed by atoms with van der Waals surface area (Å²) in [6.45, 7) is 4.69. The molecule has 1 N–H and O–H groups in total. The van der Waals surface area contributed by atoms with Gasteiger partial charge in [0.2, 0.25) is 0 Å². The predicted molar refractivity (Wildman–Crippen MR) is 84.7 cm³/mol. The fourth-order valence-corrected chi connectivity index (χ4v) is 2.66. The van der Waals surface area contributed by atoms with Crippen LogP contribution in [0.2, 0.25) is 5.02 Å². The van der Waals surface area contributed by atoms with Crippen LogP contribution >= 0.6 is 11.6 Å². The lowest BCUT2D eigenvalue weighted by atomic mass is 9.97. The summed E-state index contributed by atoms with van der Waals surface area (Å²) in [5, 5.41) is 4.11. The van der Waals surface area contributed by atoms with Crippen molar-refractivity contribution in [1.29, 1.82) is 0 Å². The van der Waals surface area contributed by atoms with Gasteiger partial charge in [-0.25, -0.2) is 0 Å². The number of aryl methyl sites for hydroxylation is 1. The first-order chi connectivity index (χ1) is 9.65. The molecule has 0 aliphatic rings. The first-order valence-corrected chi connectivity index (χ1v) is 7.19. The highest BCUT2D eigenvalue weighted by molar-refractivity contribution is 6.31. The number of nitrogens with one attached hydrogen (secondary N) is 1. The van der Waals surface area contributed by atoms with Crippen LogP contribution in [-0.4, -0.2) is 13.7 Å². The molecule has 0 aliphatic carbocycles. The van der Waals surface area contributed by atoms with Gasteiger partial charge in [-0.15, -0.1) is 0 Å². The second-order valence-electron chi connectivity index (χ2n) is 4.75. The molecule has 0 amide bonds. The van der Waals surface area contributed by atoms with Crippen molar-refractivity contribution in [1.82, 2.24) is 5.32 Å². The first kappa shape index (κ1) is 14.9. The summed E-state index contributed by atoms with van der Waals surface area (Å²) in [7, 11) is 1.94. The Labute approximate surface area is 125 Å². The molecule has 0 bridgehead atoms. The topological polar surface area (TPSA) is 21.3 Å². The molecule has 106 valence electrons. The molecule has 0 saturated carbocycles. The van der Waals surface area contributed by atoms with E-state index >= 15 is 0 Å². The fourth-order valence-electron chi connectivity index (χ4n) is 2.32. The van der Waals surface area contributed by atoms with E-state index in [4.69, 9.17) is 16.3 Å². The lowest BCUT2D eigenvalue weighted by molar-refractivity contribution is 0.339. The quantitative estimate of drug-likeness (QED) is 0.883. The summed E-state index contributed by atoms with van der Waals surface area (Å²) in [6, 6.07) is 14.3. The third kappa shape index (κ3) is 3.33. The van der Waals surface area contributed by atoms with Crippen LogP contribution in [0.1, 0.15) is 29.7 Å². The van der Waals surface area contributed by atoms with Crippen LogP contribution in [0.4, 0.5) is 0 Å². The van der Waals surface area contributed by atoms with E-state index in [9.17, 15) is 0 Å². The Morgan fingerprint density at radius 1 is 1.20 bits per heavy atom. The van der Waals surface area contributed by atoms with Crippen LogP contribution in [0.15, 0.2) is 42.5 Å². The minimum atomic E-state index is 0.0588. The van der Waals surface area contributed by atoms with Crippen molar-refractivity contribution in [2.45, 2.75) is 19.9 Å². The average Bonchev–Trinajstić information content (AvgIpc) is 2.43. The van der Waals surface area contributed by atoms with E-state index in [2.05, 4.69) is 29.6 Å². The van der Waals surface area contributed by atoms with Gasteiger partial charge >= 0.3 is 0 Å². The Morgan fingerprint density at radius 3 is 2.65 bits per heavy atom. The molecule has 0 heterocycles. The Kier molecular flexibility index (Phi) is 5.05. The molecular formula is C17H20ClNO. The predicted octanol–water partition coefficient (Wildman–Crippen LogP) is 4.36. The lowest BCUT2D eigenvalue weighted by Crippen LogP contribution is -2.18. The van der Waals surface area contributed by atoms with Gasteiger partial charge in [-0.3, -0.25) is 0 Å². The Balaban J connectivity index is 2.38. The Bertz CT molecular complexity index is 583. The highest BCUT2D eigenvalue weighted by Gasteiger charge is 2.15. The lowest BCUT2D eigenvalue weighted by Gasteiger charge is -2.19. The van der Waals surface area contributed by atoms with Gasteiger partial charge in [-0.05, 0) is 55.8 Å². The second-order valence-corrected chi connectivity index (χ2v) is 5.16. The zero-order valence-electron chi connectivity index (χ0n) is 12.1. The smallest absolute Gasteiger partial charge is 0.119 e. The van der Waals surface area contributed by atoms with Gasteiger partial charge in [0.05, 0.1) is 12.6 Å². The molecule has 0 fully saturated rings. The normalized spacial score (nSPS) is 12.2. The van der Waals surface area contributed by atoms with E-state index in [0.29, 0.717) is 6.61 Å². The molecule has 1 unspecified atom stereocenters. The molecule has 20 heavy (non-hydrogen) atoms. The molecule has 2 nitrogen and oxygen atoms in total. The van der Waals surface area contributed by atoms with Crippen molar-refractivity contribution in [3.05, 3.63) is 64.2 Å². The number of benzene rings is 2. The van der Waals surface area contributed by atoms with Crippen LogP contribution in [0.3, 0.4) is 0 Å². The summed E-state index contributed by atoms with van der Waals surface area (Å²) in [5.74, 6) is 0.883. The standard InChI is InChI=1S/C17H20ClNO/c1-4-20-14-7-5-6-13(11-14)17(19-3)15-9-8-12(2)10-16(15)18/h5-11,17,19H,4H2,1-3H3. The molecule has 1 atom stereocenters. The fraction of sp³-hybridized carbons (Fsp3) is 0.294. The number of ether oxygens (including phenoxy) is 1. The monoisotopic (exact) mass is 289 g/mol. The second kappa shape index (κ2) is 6.78. The van der Waals surface area contributed by atoms with Crippen molar-refractivity contribution in [2.75, 3.05) is 13.7 Å². The van der Waals surface area contributed by atoms with Crippen molar-refractivity contribution in [3.8, 4) is 5.75 Å². The van der Waals surface area contributed by atoms with E-state index in [1.165, 1.54) is 0 Å². The third-order valence-corrected chi connectivity index (χ3v) is 3.59. The maximum Gasteiger partial charge on any atom is 0.119 e. The molecular weight excluding hydrogens is 270 g/mol. The molecule has 0 saturated heterocycles. The van der Waals surface area contributed by atoms with Crippen molar-refractivity contribution in [2.24, 2.45) is 0 Å². The van der Waals surface area contributed by atoms with Crippen LogP contribution in [0, 0.1) is 6.92 Å². The molecule has 0 radical (unpaired) electrons. The van der Waals surface area contributed by atoms with E-state index in [1.807, 2.05) is 39.1 Å². The van der Waals surface area contributed by atoms with Gasteiger partial charge in [-0.1, -0.05) is 35.9 Å². The SMILES string of the molecule is CCOc1cccc(C(NC)c2ccc(C)cc2Cl)c1. The third-order valence-electron chi connectivity index (χ3n) is 3.26. The maximum atomic E-state index is 6.38. The number of hydrogen-bond acceptors (Lipinski definition) is 2. The van der Waals surface area contributed by atoms with Gasteiger partial charge in [0, 0.05) is 5.02 Å². The van der Waals surface area contributed by atoms with Crippen LogP contribution in [0.5, 0.6) is 5.75 Å². The van der Waals surface area contributed by atoms with E-state index in [0.717, 1.165) is 27.5 Å². The summed E-state index contributed by atoms with van der Waals surface area (Å²) in [6.07, 6.45) is 0. The van der Waals surface area contributed by atoms with E-state index in [1.54, 1.807) is 0 Å². The van der Waals surface area contributed by atoms with E-state index < -0.39 is 0 Å². The van der Waals surface area contributed by atoms with Gasteiger partial charge in [0.25, 0.3) is 0 Å². The summed E-state index contributed by atoms with van der Waals surface area (Å²) in [4.78, 5) is 0. The molecule has 2 aromatic rings. The first-order valence-electron chi connectivity index (χ1n) is 6.81. The highest BCUT2D eigenvalue weighted by atomic mass is 35.5. The van der Waals surface area contributed by atoms with Crippen LogP contribution in [-0.2, 0) is 0 Å². The number of hydrogen-bond donors (Lipinski definition) is 1. The van der Waals surface area contributed by atoms with E-state index in [-0.39, 0.29) is 6.04 Å². The van der Waals surface area contributed by atoms with Gasteiger partial charge in [0.1, 0.15) is 5.75 Å². The van der Waals surface area contributed by atoms with Crippen molar-refractivity contribution >= 4 is 11.6 Å². The number of rotatable bonds is 5. The Morgan fingerprint density at radius 2 is 2.00 bits per heavy atom. The van der Waals surface area contributed by atoms with Crippen molar-refractivity contribution in [3.63, 3.8) is 0 Å². The van der Waals surface area contributed by atoms with Gasteiger partial charge in [0.15, 0.2) is 0 Å². The molecule has 3 heteroatoms. The average molecular weight is 290 g/mol. The highest BCUT2D eigenvalue weighted by Crippen LogP contribution is 2.30.